The number of hydrogen-bond acceptors (Lipinski definition) is 5. The Morgan fingerprint density at radius 1 is 0.967 bits per heavy atom. The van der Waals surface area contributed by atoms with Gasteiger partial charge in [-0.1, -0.05) is 24.3 Å². The van der Waals surface area contributed by atoms with Crippen LogP contribution in [0.2, 0.25) is 0 Å². The molecule has 0 saturated carbocycles. The number of nitrogens with one attached hydrogen (secondary N) is 1. The first-order valence-electron chi connectivity index (χ1n) is 9.85. The van der Waals surface area contributed by atoms with Gasteiger partial charge in [-0.15, -0.1) is 24.0 Å². The SMILES string of the molecule is COc1ccc(NC(N)=NCc2ccc(CN3CCN(C)CC3)cc2)cc1OC.I. The molecule has 1 aliphatic heterocycles. The number of halogens is 1. The number of benzene rings is 2. The summed E-state index contributed by atoms with van der Waals surface area (Å²) in [5.74, 6) is 1.67. The molecule has 0 atom stereocenters. The van der Waals surface area contributed by atoms with E-state index in [1.54, 1.807) is 14.2 Å². The Labute approximate surface area is 196 Å². The fourth-order valence-electron chi connectivity index (χ4n) is 3.29. The molecule has 0 aliphatic carbocycles. The lowest BCUT2D eigenvalue weighted by molar-refractivity contribution is 0.148. The molecule has 0 spiro atoms. The van der Waals surface area contributed by atoms with Gasteiger partial charge >= 0.3 is 0 Å². The van der Waals surface area contributed by atoms with Crippen molar-refractivity contribution in [3.63, 3.8) is 0 Å². The molecule has 3 rings (SSSR count). The summed E-state index contributed by atoms with van der Waals surface area (Å²) in [7, 11) is 5.39. The van der Waals surface area contributed by atoms with Crippen molar-refractivity contribution < 1.29 is 9.47 Å². The molecule has 1 aliphatic rings. The number of ether oxygens (including phenoxy) is 2. The number of guanidine groups is 1. The standard InChI is InChI=1S/C22H31N5O2.HI/c1-26-10-12-27(13-11-26)16-18-6-4-17(5-7-18)15-24-22(23)25-19-8-9-20(28-2)21(14-19)29-3;/h4-9,14H,10-13,15-16H2,1-3H3,(H3,23,24,25);1H. The zero-order chi connectivity index (χ0) is 20.6. The van der Waals surface area contributed by atoms with Crippen molar-refractivity contribution in [2.75, 3.05) is 52.8 Å². The lowest BCUT2D eigenvalue weighted by atomic mass is 10.1. The summed E-state index contributed by atoms with van der Waals surface area (Å²) < 4.78 is 10.6. The highest BCUT2D eigenvalue weighted by Crippen LogP contribution is 2.29. The van der Waals surface area contributed by atoms with Gasteiger partial charge in [0.1, 0.15) is 0 Å². The maximum absolute atomic E-state index is 6.04. The molecule has 0 amide bonds. The molecule has 30 heavy (non-hydrogen) atoms. The van der Waals surface area contributed by atoms with Crippen LogP contribution < -0.4 is 20.5 Å². The first kappa shape index (κ1) is 24.2. The van der Waals surface area contributed by atoms with Crippen molar-refractivity contribution in [1.82, 2.24) is 9.80 Å². The van der Waals surface area contributed by atoms with E-state index in [0.29, 0.717) is 24.0 Å². The molecule has 0 bridgehead atoms. The monoisotopic (exact) mass is 525 g/mol. The highest BCUT2D eigenvalue weighted by atomic mass is 127. The Morgan fingerprint density at radius 3 is 2.23 bits per heavy atom. The number of methoxy groups -OCH3 is 2. The van der Waals surface area contributed by atoms with Crippen molar-refractivity contribution >= 4 is 35.6 Å². The highest BCUT2D eigenvalue weighted by molar-refractivity contribution is 14.0. The molecule has 0 aromatic heterocycles. The third-order valence-corrected chi connectivity index (χ3v) is 5.11. The smallest absolute Gasteiger partial charge is 0.193 e. The van der Waals surface area contributed by atoms with Crippen LogP contribution >= 0.6 is 24.0 Å². The topological polar surface area (TPSA) is 75.4 Å². The molecule has 0 radical (unpaired) electrons. The maximum atomic E-state index is 6.04. The predicted molar refractivity (Wildman–Crippen MR) is 133 cm³/mol. The molecule has 0 unspecified atom stereocenters. The van der Waals surface area contributed by atoms with Crippen LogP contribution in [0.25, 0.3) is 0 Å². The lowest BCUT2D eigenvalue weighted by Gasteiger charge is -2.32. The second-order valence-corrected chi connectivity index (χ2v) is 7.29. The van der Waals surface area contributed by atoms with Gasteiger partial charge in [0.15, 0.2) is 17.5 Å². The summed E-state index contributed by atoms with van der Waals surface area (Å²) >= 11 is 0. The highest BCUT2D eigenvalue weighted by Gasteiger charge is 2.13. The van der Waals surface area contributed by atoms with E-state index in [1.807, 2.05) is 18.2 Å². The minimum atomic E-state index is 0. The number of piperazine rings is 1. The lowest BCUT2D eigenvalue weighted by Crippen LogP contribution is -2.43. The van der Waals surface area contributed by atoms with Crippen LogP contribution in [0.3, 0.4) is 0 Å². The van der Waals surface area contributed by atoms with Crippen LogP contribution in [0.5, 0.6) is 11.5 Å². The van der Waals surface area contributed by atoms with Crippen molar-refractivity contribution in [1.29, 1.82) is 0 Å². The van der Waals surface area contributed by atoms with Gasteiger partial charge in [-0.25, -0.2) is 4.99 Å². The second kappa shape index (κ2) is 12.0. The molecule has 1 heterocycles. The number of anilines is 1. The summed E-state index contributed by atoms with van der Waals surface area (Å²) in [6.07, 6.45) is 0. The molecule has 1 saturated heterocycles. The third-order valence-electron chi connectivity index (χ3n) is 5.11. The van der Waals surface area contributed by atoms with E-state index >= 15 is 0 Å². The van der Waals surface area contributed by atoms with Crippen LogP contribution in [0, 0.1) is 0 Å². The molecule has 2 aromatic carbocycles. The first-order valence-corrected chi connectivity index (χ1v) is 9.85. The van der Waals surface area contributed by atoms with Crippen LogP contribution in [0.1, 0.15) is 11.1 Å². The Kier molecular flexibility index (Phi) is 9.67. The van der Waals surface area contributed by atoms with Crippen LogP contribution in [-0.2, 0) is 13.1 Å². The number of hydrogen-bond donors (Lipinski definition) is 2. The largest absolute Gasteiger partial charge is 0.493 e. The van der Waals surface area contributed by atoms with E-state index in [2.05, 4.69) is 51.4 Å². The summed E-state index contributed by atoms with van der Waals surface area (Å²) in [6.45, 7) is 6.06. The van der Waals surface area contributed by atoms with Gasteiger partial charge < -0.3 is 25.4 Å². The fourth-order valence-corrected chi connectivity index (χ4v) is 3.29. The number of rotatable bonds is 7. The average molecular weight is 525 g/mol. The third kappa shape index (κ3) is 7.03. The van der Waals surface area contributed by atoms with Crippen LogP contribution in [0.15, 0.2) is 47.5 Å². The van der Waals surface area contributed by atoms with Gasteiger partial charge in [0.25, 0.3) is 0 Å². The van der Waals surface area contributed by atoms with Crippen LogP contribution in [0.4, 0.5) is 5.69 Å². The maximum Gasteiger partial charge on any atom is 0.193 e. The number of nitrogens with zero attached hydrogens (tertiary/aromatic N) is 3. The molecular weight excluding hydrogens is 493 g/mol. The molecule has 7 nitrogen and oxygen atoms in total. The Bertz CT molecular complexity index is 821. The summed E-state index contributed by atoms with van der Waals surface area (Å²) in [4.78, 5) is 9.31. The molecule has 2 aromatic rings. The van der Waals surface area contributed by atoms with E-state index < -0.39 is 0 Å². The summed E-state index contributed by atoms with van der Waals surface area (Å²) in [5.41, 5.74) is 9.30. The van der Waals surface area contributed by atoms with Crippen molar-refractivity contribution in [2.45, 2.75) is 13.1 Å². The van der Waals surface area contributed by atoms with E-state index in [4.69, 9.17) is 15.2 Å². The van der Waals surface area contributed by atoms with E-state index in [1.165, 1.54) is 5.56 Å². The van der Waals surface area contributed by atoms with Gasteiger partial charge in [-0.05, 0) is 30.3 Å². The molecule has 1 fully saturated rings. The van der Waals surface area contributed by atoms with Gasteiger partial charge in [-0.2, -0.15) is 0 Å². The molecular formula is C22H32IN5O2. The van der Waals surface area contributed by atoms with Crippen molar-refractivity contribution in [3.05, 3.63) is 53.6 Å². The number of likely N-dealkylation sites (N-methyl/N-ethyl adjacent to an activating group) is 1. The zero-order valence-electron chi connectivity index (χ0n) is 17.9. The van der Waals surface area contributed by atoms with Crippen molar-refractivity contribution in [2.24, 2.45) is 10.7 Å². The predicted octanol–water partition coefficient (Wildman–Crippen LogP) is 3.00. The van der Waals surface area contributed by atoms with E-state index in [0.717, 1.165) is 44.0 Å². The number of aliphatic imine (C=N–C) groups is 1. The quantitative estimate of drug-likeness (QED) is 0.329. The second-order valence-electron chi connectivity index (χ2n) is 7.29. The first-order chi connectivity index (χ1) is 14.1. The normalized spacial score (nSPS) is 15.4. The minimum Gasteiger partial charge on any atom is -0.493 e. The Balaban J connectivity index is 0.00000320. The van der Waals surface area contributed by atoms with Crippen molar-refractivity contribution in [3.8, 4) is 11.5 Å². The summed E-state index contributed by atoms with van der Waals surface area (Å²) in [5, 5.41) is 3.09. The molecule has 3 N–H and O–H groups in total. The Hall–Kier alpha value is -2.04. The van der Waals surface area contributed by atoms with Gasteiger partial charge in [0, 0.05) is 44.5 Å². The average Bonchev–Trinajstić information content (AvgIpc) is 2.74. The van der Waals surface area contributed by atoms with Crippen LogP contribution in [-0.4, -0.2) is 63.2 Å². The van der Waals surface area contributed by atoms with Gasteiger partial charge in [0.05, 0.1) is 20.8 Å². The minimum absolute atomic E-state index is 0. The molecule has 8 heteroatoms. The zero-order valence-corrected chi connectivity index (χ0v) is 20.3. The van der Waals surface area contributed by atoms with Gasteiger partial charge in [0.2, 0.25) is 0 Å². The van der Waals surface area contributed by atoms with Gasteiger partial charge in [-0.3, -0.25) is 4.90 Å². The number of nitrogens with two attached hydrogens (primary N) is 1. The van der Waals surface area contributed by atoms with E-state index in [9.17, 15) is 0 Å². The summed E-state index contributed by atoms with van der Waals surface area (Å²) in [6, 6.07) is 14.1. The van der Waals surface area contributed by atoms with E-state index in [-0.39, 0.29) is 24.0 Å². The molecule has 164 valence electrons. The fraction of sp³-hybridized carbons (Fsp3) is 0.409. The Morgan fingerprint density at radius 2 is 1.60 bits per heavy atom.